The molecule has 0 radical (unpaired) electrons. The average molecular weight is 274 g/mol. The Morgan fingerprint density at radius 1 is 1.24 bits per heavy atom. The molecule has 0 aliphatic rings. The highest BCUT2D eigenvalue weighted by molar-refractivity contribution is 8.26. The number of methoxy groups -OCH3 is 1. The van der Waals surface area contributed by atoms with Crippen molar-refractivity contribution < 1.29 is 30.5 Å². The Kier molecular flexibility index (Phi) is 3.65. The second-order valence-corrected chi connectivity index (χ2v) is 4.74. The van der Waals surface area contributed by atoms with E-state index in [4.69, 9.17) is 0 Å². The average Bonchev–Trinajstić information content (AvgIpc) is 2.26. The number of carbonyl (C=O) groups excluding carboxylic acids is 1. The minimum absolute atomic E-state index is 0.578. The summed E-state index contributed by atoms with van der Waals surface area (Å²) >= 11 is 0. The van der Waals surface area contributed by atoms with Gasteiger partial charge in [0.25, 0.3) is 0 Å². The Morgan fingerprint density at radius 3 is 2.24 bits per heavy atom. The standard InChI is InChI=1S/C9H7F5O2S/c1-16-8(15)6-4-2-3-5-7(6)17(13,14)9(10,11)12/h2-5H,1H3. The first-order valence-corrected chi connectivity index (χ1v) is 5.61. The molecule has 0 saturated carbocycles. The van der Waals surface area contributed by atoms with Gasteiger partial charge in [-0.05, 0) is 12.1 Å². The van der Waals surface area contributed by atoms with E-state index in [2.05, 4.69) is 4.74 Å². The Morgan fingerprint density at radius 2 is 1.76 bits per heavy atom. The minimum Gasteiger partial charge on any atom is -0.465 e. The van der Waals surface area contributed by atoms with E-state index in [0.29, 0.717) is 6.07 Å². The largest absolute Gasteiger partial charge is 0.482 e. The highest BCUT2D eigenvalue weighted by atomic mass is 32.3. The first-order chi connectivity index (χ1) is 7.71. The molecule has 0 aliphatic carbocycles. The maximum atomic E-state index is 13.2. The van der Waals surface area contributed by atoms with Crippen LogP contribution in [0.25, 0.3) is 0 Å². The SMILES string of the molecule is COC(=O)c1ccccc1S(F)(F)C(F)(F)F. The van der Waals surface area contributed by atoms with Crippen molar-refractivity contribution in [3.8, 4) is 0 Å². The summed E-state index contributed by atoms with van der Waals surface area (Å²) in [4.78, 5) is 9.76. The lowest BCUT2D eigenvalue weighted by Crippen LogP contribution is -2.16. The zero-order chi connectivity index (χ0) is 13.3. The second kappa shape index (κ2) is 4.52. The summed E-state index contributed by atoms with van der Waals surface area (Å²) in [6.45, 7) is 0. The van der Waals surface area contributed by atoms with Crippen LogP contribution in [0.2, 0.25) is 0 Å². The number of rotatable bonds is 2. The summed E-state index contributed by atoms with van der Waals surface area (Å²) in [6, 6.07) is 3.64. The number of hydrogen-bond acceptors (Lipinski definition) is 2. The molecule has 0 amide bonds. The van der Waals surface area contributed by atoms with E-state index in [1.807, 2.05) is 0 Å². The van der Waals surface area contributed by atoms with Crippen LogP contribution in [0, 0.1) is 0 Å². The van der Waals surface area contributed by atoms with Gasteiger partial charge in [-0.25, -0.2) is 4.79 Å². The highest BCUT2D eigenvalue weighted by Crippen LogP contribution is 2.71. The first kappa shape index (κ1) is 13.8. The second-order valence-electron chi connectivity index (χ2n) is 2.90. The molecule has 0 aromatic heterocycles. The van der Waals surface area contributed by atoms with Crippen molar-refractivity contribution in [2.75, 3.05) is 7.11 Å². The molecule has 1 aromatic rings. The van der Waals surface area contributed by atoms with E-state index in [9.17, 15) is 25.7 Å². The fraction of sp³-hybridized carbons (Fsp3) is 0.222. The first-order valence-electron chi connectivity index (χ1n) is 4.18. The van der Waals surface area contributed by atoms with Gasteiger partial charge in [-0.2, -0.15) is 13.2 Å². The molecule has 8 heteroatoms. The van der Waals surface area contributed by atoms with Gasteiger partial charge in [-0.1, -0.05) is 12.1 Å². The molecule has 1 aromatic carbocycles. The monoisotopic (exact) mass is 274 g/mol. The van der Waals surface area contributed by atoms with Gasteiger partial charge in [0.2, 0.25) is 0 Å². The quantitative estimate of drug-likeness (QED) is 0.603. The number of esters is 1. The summed E-state index contributed by atoms with van der Waals surface area (Å²) in [7, 11) is -5.16. The fourth-order valence-electron chi connectivity index (χ4n) is 1.09. The van der Waals surface area contributed by atoms with Gasteiger partial charge >= 0.3 is 11.5 Å². The van der Waals surface area contributed by atoms with Crippen LogP contribution in [0.3, 0.4) is 0 Å². The lowest BCUT2D eigenvalue weighted by atomic mass is 10.2. The molecule has 0 aliphatic heterocycles. The molecule has 0 N–H and O–H groups in total. The third-order valence-corrected chi connectivity index (χ3v) is 3.35. The van der Waals surface area contributed by atoms with Crippen molar-refractivity contribution in [1.29, 1.82) is 0 Å². The van der Waals surface area contributed by atoms with Gasteiger partial charge in [-0.15, -0.1) is 7.77 Å². The number of alkyl halides is 3. The number of halogens is 5. The van der Waals surface area contributed by atoms with E-state index >= 15 is 0 Å². The number of hydrogen-bond donors (Lipinski definition) is 0. The molecular weight excluding hydrogens is 267 g/mol. The van der Waals surface area contributed by atoms with Crippen LogP contribution < -0.4 is 0 Å². The summed E-state index contributed by atoms with van der Waals surface area (Å²) < 4.78 is 67.1. The molecule has 0 spiro atoms. The lowest BCUT2D eigenvalue weighted by molar-refractivity contribution is -0.0464. The molecule has 0 atom stereocenters. The molecule has 96 valence electrons. The third-order valence-electron chi connectivity index (χ3n) is 1.86. The van der Waals surface area contributed by atoms with Crippen LogP contribution in [0.15, 0.2) is 29.2 Å². The van der Waals surface area contributed by atoms with E-state index < -0.39 is 32.7 Å². The number of benzene rings is 1. The summed E-state index contributed by atoms with van der Waals surface area (Å²) in [5.41, 5.74) is -6.45. The summed E-state index contributed by atoms with van der Waals surface area (Å²) in [6.07, 6.45) is 0. The van der Waals surface area contributed by atoms with E-state index in [1.165, 1.54) is 6.07 Å². The molecule has 0 fully saturated rings. The predicted molar refractivity (Wildman–Crippen MR) is 51.9 cm³/mol. The Bertz CT molecular complexity index is 430. The summed E-state index contributed by atoms with van der Waals surface area (Å²) in [5.74, 6) is -1.22. The topological polar surface area (TPSA) is 26.3 Å². The maximum Gasteiger partial charge on any atom is 0.482 e. The van der Waals surface area contributed by atoms with Crippen LogP contribution in [0.5, 0.6) is 0 Å². The van der Waals surface area contributed by atoms with Gasteiger partial charge in [0, 0.05) is 0 Å². The number of carbonyl (C=O) groups is 1. The zero-order valence-electron chi connectivity index (χ0n) is 8.42. The van der Waals surface area contributed by atoms with Crippen molar-refractivity contribution >= 4 is 16.8 Å². The van der Waals surface area contributed by atoms with Crippen LogP contribution in [-0.4, -0.2) is 18.6 Å². The molecule has 0 bridgehead atoms. The lowest BCUT2D eigenvalue weighted by Gasteiger charge is -2.24. The van der Waals surface area contributed by atoms with Crippen LogP contribution >= 0.6 is 10.8 Å². The Hall–Kier alpha value is -1.31. The minimum atomic E-state index is -6.06. The molecule has 0 unspecified atom stereocenters. The Balaban J connectivity index is 3.37. The third kappa shape index (κ3) is 2.51. The molecule has 17 heavy (non-hydrogen) atoms. The molecule has 0 heterocycles. The molecule has 2 nitrogen and oxygen atoms in total. The van der Waals surface area contributed by atoms with Gasteiger partial charge in [-0.3, -0.25) is 0 Å². The van der Waals surface area contributed by atoms with Gasteiger partial charge in [0.15, 0.2) is 10.8 Å². The highest BCUT2D eigenvalue weighted by Gasteiger charge is 2.55. The smallest absolute Gasteiger partial charge is 0.465 e. The molecule has 1 rings (SSSR count). The zero-order valence-corrected chi connectivity index (χ0v) is 9.24. The van der Waals surface area contributed by atoms with Crippen molar-refractivity contribution in [2.24, 2.45) is 0 Å². The van der Waals surface area contributed by atoms with E-state index in [0.717, 1.165) is 19.2 Å². The van der Waals surface area contributed by atoms with Crippen molar-refractivity contribution in [1.82, 2.24) is 0 Å². The van der Waals surface area contributed by atoms with Crippen molar-refractivity contribution in [3.63, 3.8) is 0 Å². The predicted octanol–water partition coefficient (Wildman–Crippen LogP) is 3.93. The van der Waals surface area contributed by atoms with Crippen LogP contribution in [0.1, 0.15) is 10.4 Å². The summed E-state index contributed by atoms with van der Waals surface area (Å²) in [5, 5.41) is 0. The fourth-order valence-corrected chi connectivity index (χ4v) is 2.02. The number of ether oxygens (including phenoxy) is 1. The van der Waals surface area contributed by atoms with Gasteiger partial charge in [0.1, 0.15) is 0 Å². The van der Waals surface area contributed by atoms with Crippen molar-refractivity contribution in [2.45, 2.75) is 10.4 Å². The van der Waals surface area contributed by atoms with Crippen LogP contribution in [0.4, 0.5) is 20.9 Å². The van der Waals surface area contributed by atoms with E-state index in [-0.39, 0.29) is 0 Å². The van der Waals surface area contributed by atoms with Gasteiger partial charge < -0.3 is 4.74 Å². The van der Waals surface area contributed by atoms with Crippen molar-refractivity contribution in [3.05, 3.63) is 29.8 Å². The Labute approximate surface area is 95.3 Å². The normalized spacial score (nSPS) is 13.3. The molecule has 0 saturated heterocycles. The van der Waals surface area contributed by atoms with Crippen LogP contribution in [-0.2, 0) is 4.74 Å². The van der Waals surface area contributed by atoms with E-state index in [1.54, 1.807) is 0 Å². The maximum absolute atomic E-state index is 13.2. The van der Waals surface area contributed by atoms with Gasteiger partial charge in [0.05, 0.1) is 17.6 Å². The molecular formula is C9H7F5O2S.